The Morgan fingerprint density at radius 1 is 1.45 bits per heavy atom. The Labute approximate surface area is 130 Å². The summed E-state index contributed by atoms with van der Waals surface area (Å²) in [5.41, 5.74) is 1.03. The summed E-state index contributed by atoms with van der Waals surface area (Å²) in [6.45, 7) is 3.75. The molecule has 118 valence electrons. The van der Waals surface area contributed by atoms with Crippen LogP contribution in [0.4, 0.5) is 0 Å². The molecule has 1 aliphatic rings. The molecule has 1 N–H and O–H groups in total. The predicted molar refractivity (Wildman–Crippen MR) is 81.7 cm³/mol. The lowest BCUT2D eigenvalue weighted by Crippen LogP contribution is -2.34. The Bertz CT molecular complexity index is 718. The first-order chi connectivity index (χ1) is 10.4. The number of nitrogens with one attached hydrogen (secondary N) is 1. The normalized spacial score (nSPS) is 14.4. The molecular weight excluding hydrogens is 302 g/mol. The van der Waals surface area contributed by atoms with Gasteiger partial charge < -0.3 is 4.90 Å². The van der Waals surface area contributed by atoms with Crippen molar-refractivity contribution in [3.63, 3.8) is 0 Å². The van der Waals surface area contributed by atoms with E-state index in [2.05, 4.69) is 4.72 Å². The average Bonchev–Trinajstić information content (AvgIpc) is 3.29. The van der Waals surface area contributed by atoms with E-state index in [1.54, 1.807) is 19.9 Å². The molecule has 0 aromatic heterocycles. The molecule has 2 rings (SSSR count). The van der Waals surface area contributed by atoms with Crippen LogP contribution in [-0.4, -0.2) is 38.4 Å². The highest BCUT2D eigenvalue weighted by Crippen LogP contribution is 2.29. The number of amides is 1. The molecule has 0 radical (unpaired) electrons. The molecule has 1 aliphatic carbocycles. The van der Waals surface area contributed by atoms with Gasteiger partial charge in [0.2, 0.25) is 10.0 Å². The third-order valence-corrected chi connectivity index (χ3v) is 5.12. The fourth-order valence-electron chi connectivity index (χ4n) is 2.26. The molecule has 1 aromatic rings. The second-order valence-electron chi connectivity index (χ2n) is 5.30. The molecule has 1 amide bonds. The maximum Gasteiger partial charge on any atom is 0.255 e. The smallest absolute Gasteiger partial charge is 0.255 e. The number of nitrogens with zero attached hydrogens (tertiary/aromatic N) is 2. The van der Waals surface area contributed by atoms with E-state index in [-0.39, 0.29) is 29.9 Å². The molecule has 0 bridgehead atoms. The van der Waals surface area contributed by atoms with Crippen molar-refractivity contribution in [2.75, 3.05) is 13.1 Å². The van der Waals surface area contributed by atoms with Crippen LogP contribution in [-0.2, 0) is 10.0 Å². The second-order valence-corrected chi connectivity index (χ2v) is 7.07. The van der Waals surface area contributed by atoms with Crippen molar-refractivity contribution >= 4 is 15.9 Å². The number of carbonyl (C=O) groups is 1. The molecule has 6 nitrogen and oxygen atoms in total. The molecule has 0 aliphatic heterocycles. The first-order valence-electron chi connectivity index (χ1n) is 7.19. The van der Waals surface area contributed by atoms with Crippen LogP contribution in [0.15, 0.2) is 23.1 Å². The lowest BCUT2D eigenvalue weighted by molar-refractivity contribution is 0.0764. The van der Waals surface area contributed by atoms with E-state index in [0.717, 1.165) is 12.8 Å². The summed E-state index contributed by atoms with van der Waals surface area (Å²) in [5.74, 6) is -0.282. The largest absolute Gasteiger partial charge is 0.322 e. The van der Waals surface area contributed by atoms with Crippen LogP contribution in [0, 0.1) is 18.3 Å². The van der Waals surface area contributed by atoms with Crippen molar-refractivity contribution in [3.8, 4) is 6.07 Å². The van der Waals surface area contributed by atoms with Crippen molar-refractivity contribution < 1.29 is 13.2 Å². The first kappa shape index (κ1) is 16.5. The van der Waals surface area contributed by atoms with Gasteiger partial charge >= 0.3 is 0 Å². The van der Waals surface area contributed by atoms with E-state index in [1.165, 1.54) is 17.0 Å². The highest BCUT2D eigenvalue weighted by molar-refractivity contribution is 7.89. The number of benzene rings is 1. The van der Waals surface area contributed by atoms with Gasteiger partial charge in [0.05, 0.1) is 11.0 Å². The number of hydrogen-bond acceptors (Lipinski definition) is 4. The van der Waals surface area contributed by atoms with Gasteiger partial charge in [-0.05, 0) is 37.5 Å². The zero-order valence-electron chi connectivity index (χ0n) is 12.7. The molecule has 1 saturated carbocycles. The highest BCUT2D eigenvalue weighted by atomic mass is 32.2. The summed E-state index contributed by atoms with van der Waals surface area (Å²) in [4.78, 5) is 14.2. The van der Waals surface area contributed by atoms with E-state index in [9.17, 15) is 13.2 Å². The van der Waals surface area contributed by atoms with Gasteiger partial charge in [-0.2, -0.15) is 5.26 Å². The minimum Gasteiger partial charge on any atom is -0.322 e. The van der Waals surface area contributed by atoms with Gasteiger partial charge in [0, 0.05) is 18.2 Å². The number of rotatable bonds is 6. The van der Waals surface area contributed by atoms with Gasteiger partial charge in [0.1, 0.15) is 6.54 Å². The monoisotopic (exact) mass is 321 g/mol. The number of sulfonamides is 1. The summed E-state index contributed by atoms with van der Waals surface area (Å²) in [6, 6.07) is 6.59. The summed E-state index contributed by atoms with van der Waals surface area (Å²) in [7, 11) is -3.61. The van der Waals surface area contributed by atoms with Crippen LogP contribution >= 0.6 is 0 Å². The first-order valence-corrected chi connectivity index (χ1v) is 8.67. The maximum absolute atomic E-state index is 12.6. The third kappa shape index (κ3) is 3.46. The van der Waals surface area contributed by atoms with Crippen molar-refractivity contribution in [2.45, 2.75) is 37.6 Å². The van der Waals surface area contributed by atoms with Gasteiger partial charge in [-0.15, -0.1) is 0 Å². The van der Waals surface area contributed by atoms with Crippen LogP contribution in [0.5, 0.6) is 0 Å². The number of nitriles is 1. The molecule has 7 heteroatoms. The SMILES string of the molecule is CCNS(=O)(=O)c1ccc(C)c(C(=O)N(CC#N)C2CC2)c1. The van der Waals surface area contributed by atoms with Crippen LogP contribution in [0.3, 0.4) is 0 Å². The molecule has 22 heavy (non-hydrogen) atoms. The van der Waals surface area contributed by atoms with Crippen molar-refractivity contribution in [1.29, 1.82) is 5.26 Å². The summed E-state index contributed by atoms with van der Waals surface area (Å²) in [5, 5.41) is 8.88. The Morgan fingerprint density at radius 3 is 2.68 bits per heavy atom. The van der Waals surface area contributed by atoms with Crippen LogP contribution in [0.1, 0.15) is 35.7 Å². The number of carbonyl (C=O) groups excluding carboxylic acids is 1. The lowest BCUT2D eigenvalue weighted by atomic mass is 10.1. The fraction of sp³-hybridized carbons (Fsp3) is 0.467. The van der Waals surface area contributed by atoms with E-state index in [0.29, 0.717) is 11.1 Å². The Balaban J connectivity index is 2.38. The number of aryl methyl sites for hydroxylation is 1. The Morgan fingerprint density at radius 2 is 2.14 bits per heavy atom. The summed E-state index contributed by atoms with van der Waals surface area (Å²) < 4.78 is 26.6. The van der Waals surface area contributed by atoms with E-state index >= 15 is 0 Å². The van der Waals surface area contributed by atoms with Gasteiger partial charge in [-0.25, -0.2) is 13.1 Å². The van der Waals surface area contributed by atoms with Crippen LogP contribution in [0.2, 0.25) is 0 Å². The van der Waals surface area contributed by atoms with Crippen LogP contribution < -0.4 is 4.72 Å². The quantitative estimate of drug-likeness (QED) is 0.802. The van der Waals surface area contributed by atoms with Gasteiger partial charge in [-0.1, -0.05) is 13.0 Å². The van der Waals surface area contributed by atoms with E-state index in [1.807, 2.05) is 6.07 Å². The standard InChI is InChI=1S/C15H19N3O3S/c1-3-17-22(20,21)13-7-4-11(2)14(10-13)15(19)18(9-8-16)12-5-6-12/h4,7,10,12,17H,3,5-6,9H2,1-2H3. The second kappa shape index (κ2) is 6.46. The average molecular weight is 321 g/mol. The molecule has 0 saturated heterocycles. The Kier molecular flexibility index (Phi) is 4.84. The van der Waals surface area contributed by atoms with Crippen molar-refractivity contribution in [1.82, 2.24) is 9.62 Å². The maximum atomic E-state index is 12.6. The molecule has 1 fully saturated rings. The molecule has 0 atom stereocenters. The highest BCUT2D eigenvalue weighted by Gasteiger charge is 2.33. The zero-order valence-corrected chi connectivity index (χ0v) is 13.5. The zero-order chi connectivity index (χ0) is 16.3. The van der Waals surface area contributed by atoms with Crippen LogP contribution in [0.25, 0.3) is 0 Å². The lowest BCUT2D eigenvalue weighted by Gasteiger charge is -2.20. The predicted octanol–water partition coefficient (Wildman–Crippen LogP) is 1.42. The fourth-order valence-corrected chi connectivity index (χ4v) is 3.32. The Hall–Kier alpha value is -1.91. The summed E-state index contributed by atoms with van der Waals surface area (Å²) >= 11 is 0. The molecule has 0 unspecified atom stereocenters. The molecule has 0 heterocycles. The number of hydrogen-bond donors (Lipinski definition) is 1. The van der Waals surface area contributed by atoms with E-state index in [4.69, 9.17) is 5.26 Å². The third-order valence-electron chi connectivity index (χ3n) is 3.57. The molecule has 1 aromatic carbocycles. The molecular formula is C15H19N3O3S. The minimum absolute atomic E-state index is 0.0210. The van der Waals surface area contributed by atoms with Gasteiger partial charge in [0.15, 0.2) is 0 Å². The molecule has 0 spiro atoms. The topological polar surface area (TPSA) is 90.3 Å². The van der Waals surface area contributed by atoms with Gasteiger partial charge in [0.25, 0.3) is 5.91 Å². The van der Waals surface area contributed by atoms with Gasteiger partial charge in [-0.3, -0.25) is 4.79 Å². The minimum atomic E-state index is -3.61. The van der Waals surface area contributed by atoms with E-state index < -0.39 is 10.0 Å². The summed E-state index contributed by atoms with van der Waals surface area (Å²) in [6.07, 6.45) is 1.78. The van der Waals surface area contributed by atoms with Crippen molar-refractivity contribution in [3.05, 3.63) is 29.3 Å². The van der Waals surface area contributed by atoms with Crippen molar-refractivity contribution in [2.24, 2.45) is 0 Å².